The van der Waals surface area contributed by atoms with Gasteiger partial charge in [-0.15, -0.1) is 0 Å². The number of methoxy groups -OCH3 is 1. The molecule has 1 aromatic rings. The first-order chi connectivity index (χ1) is 7.99. The van der Waals surface area contributed by atoms with Gasteiger partial charge in [-0.05, 0) is 12.8 Å². The highest BCUT2D eigenvalue weighted by Crippen LogP contribution is 2.43. The number of halogens is 3. The van der Waals surface area contributed by atoms with E-state index in [1.54, 1.807) is 0 Å². The van der Waals surface area contributed by atoms with Crippen molar-refractivity contribution in [3.8, 4) is 5.75 Å². The summed E-state index contributed by atoms with van der Waals surface area (Å²) < 4.78 is 45.4. The van der Waals surface area contributed by atoms with E-state index in [2.05, 4.69) is 0 Å². The molecule has 0 aliphatic heterocycles. The van der Waals surface area contributed by atoms with Crippen LogP contribution in [0.2, 0.25) is 0 Å². The number of nitrogens with two attached hydrogens (primary N) is 1. The van der Waals surface area contributed by atoms with Gasteiger partial charge in [0.15, 0.2) is 23.2 Å². The van der Waals surface area contributed by atoms with Crippen LogP contribution in [0.3, 0.4) is 0 Å². The van der Waals surface area contributed by atoms with Crippen LogP contribution < -0.4 is 10.5 Å². The second kappa shape index (κ2) is 4.22. The number of hydrogen-bond acceptors (Lipinski definition) is 2. The van der Waals surface area contributed by atoms with Gasteiger partial charge in [0.2, 0.25) is 0 Å². The molecule has 2 nitrogen and oxygen atoms in total. The summed E-state index contributed by atoms with van der Waals surface area (Å²) in [5.41, 5.74) is 4.84. The monoisotopic (exact) mass is 245 g/mol. The van der Waals surface area contributed by atoms with E-state index in [0.29, 0.717) is 18.9 Å². The van der Waals surface area contributed by atoms with E-state index >= 15 is 0 Å². The van der Waals surface area contributed by atoms with Crippen LogP contribution in [0.4, 0.5) is 13.2 Å². The Kier molecular flexibility index (Phi) is 3.03. The molecule has 2 rings (SSSR count). The van der Waals surface area contributed by atoms with Gasteiger partial charge < -0.3 is 10.5 Å². The van der Waals surface area contributed by atoms with Crippen molar-refractivity contribution < 1.29 is 17.9 Å². The molecule has 1 aromatic carbocycles. The van der Waals surface area contributed by atoms with Gasteiger partial charge >= 0.3 is 0 Å². The van der Waals surface area contributed by atoms with E-state index in [0.717, 1.165) is 12.8 Å². The maximum Gasteiger partial charge on any atom is 0.168 e. The molecule has 0 aromatic heterocycles. The van der Waals surface area contributed by atoms with Crippen LogP contribution in [0.5, 0.6) is 5.75 Å². The van der Waals surface area contributed by atoms with Crippen LogP contribution in [-0.4, -0.2) is 7.11 Å². The first-order valence-electron chi connectivity index (χ1n) is 5.50. The molecule has 0 spiro atoms. The van der Waals surface area contributed by atoms with Crippen LogP contribution in [0.25, 0.3) is 0 Å². The van der Waals surface area contributed by atoms with Gasteiger partial charge in [0.1, 0.15) is 0 Å². The standard InChI is InChI=1S/C12H14F3NO/c1-17-11-8(14)6-7(13)10(15)9(11)12(16)4-2-3-5-12/h6H,2-5,16H2,1H3. The first kappa shape index (κ1) is 12.2. The largest absolute Gasteiger partial charge is 0.493 e. The highest BCUT2D eigenvalue weighted by Gasteiger charge is 2.38. The van der Waals surface area contributed by atoms with Crippen LogP contribution in [-0.2, 0) is 5.54 Å². The lowest BCUT2D eigenvalue weighted by molar-refractivity contribution is 0.335. The van der Waals surface area contributed by atoms with Crippen molar-refractivity contribution in [2.24, 2.45) is 5.73 Å². The van der Waals surface area contributed by atoms with E-state index in [4.69, 9.17) is 10.5 Å². The fraction of sp³-hybridized carbons (Fsp3) is 0.500. The van der Waals surface area contributed by atoms with Crippen LogP contribution in [0.1, 0.15) is 31.2 Å². The lowest BCUT2D eigenvalue weighted by Crippen LogP contribution is -2.35. The minimum Gasteiger partial charge on any atom is -0.493 e. The van der Waals surface area contributed by atoms with Crippen molar-refractivity contribution in [3.05, 3.63) is 29.1 Å². The molecule has 0 radical (unpaired) electrons. The third kappa shape index (κ3) is 1.88. The smallest absolute Gasteiger partial charge is 0.168 e. The number of benzene rings is 1. The molecule has 0 atom stereocenters. The molecule has 1 aliphatic rings. The predicted octanol–water partition coefficient (Wildman–Crippen LogP) is 2.84. The predicted molar refractivity (Wildman–Crippen MR) is 57.2 cm³/mol. The zero-order valence-corrected chi connectivity index (χ0v) is 9.53. The summed E-state index contributed by atoms with van der Waals surface area (Å²) in [6, 6.07) is 0.482. The SMILES string of the molecule is COc1c(F)cc(F)c(F)c1C1(N)CCCC1. The summed E-state index contributed by atoms with van der Waals surface area (Å²) in [6.45, 7) is 0. The van der Waals surface area contributed by atoms with Crippen LogP contribution in [0, 0.1) is 17.5 Å². The maximum atomic E-state index is 13.8. The molecule has 0 amide bonds. The molecule has 0 saturated heterocycles. The van der Waals surface area contributed by atoms with Gasteiger partial charge in [0.05, 0.1) is 12.7 Å². The molecule has 0 heterocycles. The van der Waals surface area contributed by atoms with Crippen molar-refractivity contribution in [3.63, 3.8) is 0 Å². The van der Waals surface area contributed by atoms with Gasteiger partial charge in [0.25, 0.3) is 0 Å². The zero-order valence-electron chi connectivity index (χ0n) is 9.53. The van der Waals surface area contributed by atoms with Crippen molar-refractivity contribution >= 4 is 0 Å². The Morgan fingerprint density at radius 2 is 1.76 bits per heavy atom. The minimum absolute atomic E-state index is 0.171. The molecule has 94 valence electrons. The molecule has 17 heavy (non-hydrogen) atoms. The molecule has 0 bridgehead atoms. The maximum absolute atomic E-state index is 13.8. The van der Waals surface area contributed by atoms with E-state index in [1.807, 2.05) is 0 Å². The van der Waals surface area contributed by atoms with Crippen molar-refractivity contribution in [2.75, 3.05) is 7.11 Å². The third-order valence-electron chi connectivity index (χ3n) is 3.32. The quantitative estimate of drug-likeness (QED) is 0.813. The normalized spacial score (nSPS) is 18.4. The summed E-state index contributed by atoms with van der Waals surface area (Å²) in [6.07, 6.45) is 2.64. The highest BCUT2D eigenvalue weighted by atomic mass is 19.2. The Morgan fingerprint density at radius 1 is 1.18 bits per heavy atom. The van der Waals surface area contributed by atoms with Crippen LogP contribution in [0.15, 0.2) is 6.07 Å². The Labute approximate surface area is 97.6 Å². The van der Waals surface area contributed by atoms with E-state index in [1.165, 1.54) is 7.11 Å². The number of rotatable bonds is 2. The lowest BCUT2D eigenvalue weighted by Gasteiger charge is -2.27. The zero-order chi connectivity index (χ0) is 12.6. The van der Waals surface area contributed by atoms with E-state index < -0.39 is 23.0 Å². The van der Waals surface area contributed by atoms with Crippen molar-refractivity contribution in [1.82, 2.24) is 0 Å². The fourth-order valence-corrected chi connectivity index (χ4v) is 2.48. The average Bonchev–Trinajstić information content (AvgIpc) is 2.71. The lowest BCUT2D eigenvalue weighted by atomic mass is 9.88. The molecule has 1 fully saturated rings. The third-order valence-corrected chi connectivity index (χ3v) is 3.32. The number of ether oxygens (including phenoxy) is 1. The molecule has 0 unspecified atom stereocenters. The second-order valence-corrected chi connectivity index (χ2v) is 4.43. The molecule has 1 saturated carbocycles. The molecular formula is C12H14F3NO. The first-order valence-corrected chi connectivity index (χ1v) is 5.50. The Hall–Kier alpha value is -1.23. The Morgan fingerprint density at radius 3 is 2.29 bits per heavy atom. The van der Waals surface area contributed by atoms with Gasteiger partial charge in [-0.25, -0.2) is 13.2 Å². The van der Waals surface area contributed by atoms with E-state index in [9.17, 15) is 13.2 Å². The summed E-state index contributed by atoms with van der Waals surface area (Å²) in [4.78, 5) is 0. The molecule has 1 aliphatic carbocycles. The second-order valence-electron chi connectivity index (χ2n) is 4.43. The fourth-order valence-electron chi connectivity index (χ4n) is 2.48. The minimum atomic E-state index is -1.23. The summed E-state index contributed by atoms with van der Waals surface area (Å²) in [5.74, 6) is -3.53. The van der Waals surface area contributed by atoms with Gasteiger partial charge in [-0.2, -0.15) is 0 Å². The Bertz CT molecular complexity index is 442. The molecule has 2 N–H and O–H groups in total. The molecular weight excluding hydrogens is 231 g/mol. The van der Waals surface area contributed by atoms with Gasteiger partial charge in [0, 0.05) is 11.6 Å². The van der Waals surface area contributed by atoms with Crippen molar-refractivity contribution in [2.45, 2.75) is 31.2 Å². The van der Waals surface area contributed by atoms with Gasteiger partial charge in [-0.3, -0.25) is 0 Å². The van der Waals surface area contributed by atoms with E-state index in [-0.39, 0.29) is 11.3 Å². The molecule has 5 heteroatoms. The van der Waals surface area contributed by atoms with Crippen LogP contribution >= 0.6 is 0 Å². The summed E-state index contributed by atoms with van der Waals surface area (Å²) in [5, 5.41) is 0. The highest BCUT2D eigenvalue weighted by molar-refractivity contribution is 5.42. The number of hydrogen-bond donors (Lipinski definition) is 1. The summed E-state index contributed by atoms with van der Waals surface area (Å²) >= 11 is 0. The van der Waals surface area contributed by atoms with Crippen molar-refractivity contribution in [1.29, 1.82) is 0 Å². The van der Waals surface area contributed by atoms with Gasteiger partial charge in [-0.1, -0.05) is 12.8 Å². The topological polar surface area (TPSA) is 35.2 Å². The Balaban J connectivity index is 2.65. The summed E-state index contributed by atoms with van der Waals surface area (Å²) in [7, 11) is 1.22. The average molecular weight is 245 g/mol.